The Labute approximate surface area is 354 Å². The first kappa shape index (κ1) is 43.6. The number of likely N-dealkylation sites (N-methyl/N-ethyl adjacent to an activating group) is 1. The number of rotatable bonds is 10. The van der Waals surface area contributed by atoms with Crippen molar-refractivity contribution in [2.45, 2.75) is 66.7 Å². The van der Waals surface area contributed by atoms with Crippen LogP contribution in [0.1, 0.15) is 82.1 Å². The van der Waals surface area contributed by atoms with Gasteiger partial charge >= 0.3 is 5.97 Å². The van der Waals surface area contributed by atoms with Crippen molar-refractivity contribution in [2.75, 3.05) is 37.6 Å². The molecule has 2 aliphatic heterocycles. The Morgan fingerprint density at radius 3 is 1.34 bits per heavy atom. The highest BCUT2D eigenvalue weighted by Gasteiger charge is 2.28. The minimum atomic E-state index is -0.941. The molecule has 0 bridgehead atoms. The van der Waals surface area contributed by atoms with E-state index in [1.165, 1.54) is 0 Å². The number of benzene rings is 4. The molecule has 6 N–H and O–H groups in total. The molecule has 0 spiro atoms. The molecule has 8 rings (SSSR count). The van der Waals surface area contributed by atoms with E-state index in [4.69, 9.17) is 16.6 Å². The zero-order valence-corrected chi connectivity index (χ0v) is 35.0. The first-order valence-corrected chi connectivity index (χ1v) is 20.5. The molecular weight excluding hydrogens is 773 g/mol. The maximum atomic E-state index is 13.3. The van der Waals surface area contributed by atoms with E-state index >= 15 is 0 Å². The molecule has 4 aromatic carbocycles. The molecule has 0 atom stereocenters. The Bertz CT molecular complexity index is 2530. The molecule has 316 valence electrons. The predicted molar refractivity (Wildman–Crippen MR) is 235 cm³/mol. The summed E-state index contributed by atoms with van der Waals surface area (Å²) in [5, 5.41) is 13.3. The van der Waals surface area contributed by atoms with Crippen LogP contribution in [0.2, 0.25) is 0 Å². The summed E-state index contributed by atoms with van der Waals surface area (Å²) >= 11 is 0. The Hall–Kier alpha value is -7.00. The van der Waals surface area contributed by atoms with Gasteiger partial charge in [0.1, 0.15) is 11.4 Å². The largest absolute Gasteiger partial charge is 0.481 e. The second kappa shape index (κ2) is 19.8. The minimum Gasteiger partial charge on any atom is -0.481 e. The van der Waals surface area contributed by atoms with Crippen molar-refractivity contribution in [3.05, 3.63) is 130 Å². The molecule has 61 heavy (non-hydrogen) atoms. The summed E-state index contributed by atoms with van der Waals surface area (Å²) in [6.45, 7) is 13.8. The van der Waals surface area contributed by atoms with Crippen LogP contribution in [-0.2, 0) is 48.6 Å². The Balaban J connectivity index is 0.000000185. The number of nitrogens with two attached hydrogens (primary N) is 2. The number of fused-ring (bicyclic) bond motifs is 4. The smallest absolute Gasteiger partial charge is 0.307 e. The van der Waals surface area contributed by atoms with Gasteiger partial charge in [0.25, 0.3) is 11.8 Å². The van der Waals surface area contributed by atoms with Crippen molar-refractivity contribution in [3.63, 3.8) is 0 Å². The molecule has 15 heteroatoms. The lowest BCUT2D eigenvalue weighted by Gasteiger charge is -2.19. The molecule has 0 fully saturated rings. The van der Waals surface area contributed by atoms with Crippen LogP contribution in [0.15, 0.2) is 84.9 Å². The van der Waals surface area contributed by atoms with E-state index in [0.29, 0.717) is 66.6 Å². The molecule has 4 heterocycles. The number of aliphatic carboxylic acids is 1. The van der Waals surface area contributed by atoms with Crippen LogP contribution < -0.4 is 16.8 Å². The third kappa shape index (κ3) is 10.4. The zero-order valence-electron chi connectivity index (χ0n) is 35.0. The molecular formula is C46H52N10O5. The summed E-state index contributed by atoms with van der Waals surface area (Å²) in [6, 6.07) is 26.4. The fourth-order valence-electron chi connectivity index (χ4n) is 7.47. The Kier molecular flexibility index (Phi) is 14.2. The molecule has 0 unspecified atom stereocenters. The summed E-state index contributed by atoms with van der Waals surface area (Å²) in [4.78, 5) is 72.0. The van der Waals surface area contributed by atoms with Crippen LogP contribution >= 0.6 is 0 Å². The summed E-state index contributed by atoms with van der Waals surface area (Å²) in [7, 11) is 0. The van der Waals surface area contributed by atoms with Gasteiger partial charge in [-0.15, -0.1) is 0 Å². The molecule has 0 aliphatic carbocycles. The average molecular weight is 825 g/mol. The third-order valence-electron chi connectivity index (χ3n) is 10.5. The number of anilines is 2. The van der Waals surface area contributed by atoms with E-state index in [2.05, 4.69) is 39.1 Å². The number of amides is 3. The van der Waals surface area contributed by atoms with Gasteiger partial charge in [-0.2, -0.15) is 0 Å². The van der Waals surface area contributed by atoms with Crippen LogP contribution in [0.25, 0.3) is 21.8 Å². The lowest BCUT2D eigenvalue weighted by Crippen LogP contribution is -2.31. The van der Waals surface area contributed by atoms with Crippen molar-refractivity contribution < 1.29 is 24.3 Å². The van der Waals surface area contributed by atoms with Gasteiger partial charge in [-0.3, -0.25) is 19.2 Å². The van der Waals surface area contributed by atoms with Crippen LogP contribution in [-0.4, -0.2) is 89.6 Å². The number of carboxylic acid groups (broad SMARTS) is 1. The SMILES string of the molecule is CCN(CC)C(=O)Cc1ccc2nc(N)nc(C(=O)N3Cc4ccccc4C3)c2c1.CCNCC.Nc1nc(C(=O)N2Cc3ccccc3C2)c2cc(CC(=O)O)ccc2n1. The number of aromatic nitrogens is 4. The highest BCUT2D eigenvalue weighted by Crippen LogP contribution is 2.28. The lowest BCUT2D eigenvalue weighted by atomic mass is 10.1. The molecule has 15 nitrogen and oxygen atoms in total. The first-order chi connectivity index (χ1) is 29.4. The van der Waals surface area contributed by atoms with Gasteiger partial charge in [0, 0.05) is 50.0 Å². The summed E-state index contributed by atoms with van der Waals surface area (Å²) in [5.41, 5.74) is 19.2. The highest BCUT2D eigenvalue weighted by atomic mass is 16.4. The van der Waals surface area contributed by atoms with Crippen LogP contribution in [0.4, 0.5) is 11.9 Å². The van der Waals surface area contributed by atoms with Crippen LogP contribution in [0.3, 0.4) is 0 Å². The maximum Gasteiger partial charge on any atom is 0.307 e. The molecule has 3 amide bonds. The van der Waals surface area contributed by atoms with Gasteiger partial charge < -0.3 is 36.6 Å². The summed E-state index contributed by atoms with van der Waals surface area (Å²) in [6.07, 6.45) is 0.133. The van der Waals surface area contributed by atoms with E-state index < -0.39 is 5.97 Å². The van der Waals surface area contributed by atoms with Gasteiger partial charge in [-0.25, -0.2) is 19.9 Å². The monoisotopic (exact) mass is 824 g/mol. The number of carbonyl (C=O) groups is 4. The van der Waals surface area contributed by atoms with Crippen molar-refractivity contribution in [1.82, 2.24) is 40.0 Å². The second-order valence-electron chi connectivity index (χ2n) is 14.7. The van der Waals surface area contributed by atoms with Gasteiger partial charge in [0.15, 0.2) is 0 Å². The molecule has 2 aliphatic rings. The van der Waals surface area contributed by atoms with Gasteiger partial charge in [0.05, 0.1) is 23.9 Å². The molecule has 6 aromatic rings. The normalized spacial score (nSPS) is 12.5. The first-order valence-electron chi connectivity index (χ1n) is 20.5. The molecule has 0 radical (unpaired) electrons. The average Bonchev–Trinajstić information content (AvgIpc) is 3.89. The third-order valence-corrected chi connectivity index (χ3v) is 10.5. The summed E-state index contributed by atoms with van der Waals surface area (Å²) < 4.78 is 0. The van der Waals surface area contributed by atoms with Crippen molar-refractivity contribution >= 4 is 57.4 Å². The fourth-order valence-corrected chi connectivity index (χ4v) is 7.47. The van der Waals surface area contributed by atoms with Crippen molar-refractivity contribution in [1.29, 1.82) is 0 Å². The lowest BCUT2D eigenvalue weighted by molar-refractivity contribution is -0.136. The maximum absolute atomic E-state index is 13.3. The van der Waals surface area contributed by atoms with Crippen molar-refractivity contribution in [2.24, 2.45) is 0 Å². The number of nitrogen functional groups attached to an aromatic ring is 2. The van der Waals surface area contributed by atoms with Gasteiger partial charge in [-0.1, -0.05) is 74.5 Å². The standard InChI is InChI=1S/C23H25N5O2.C19H16N4O3.C4H11N/c1-3-27(4-2)20(29)12-15-9-10-19-18(11-15)21(26-23(24)25-19)22(30)28-13-16-7-5-6-8-17(16)14-28;20-19-21-15-6-5-11(8-16(24)25)7-14(15)17(22-19)18(26)23-9-12-3-1-2-4-13(12)10-23;1-3-5-4-2/h5-11H,3-4,12-14H2,1-2H3,(H2,24,25,26);1-7H,8-10H2,(H,24,25)(H2,20,21,22);5H,3-4H2,1-2H3. The topological polar surface area (TPSA) is 214 Å². The number of nitrogens with one attached hydrogen (secondary N) is 1. The minimum absolute atomic E-state index is 0.0172. The van der Waals surface area contributed by atoms with Crippen molar-refractivity contribution in [3.8, 4) is 0 Å². The van der Waals surface area contributed by atoms with Crippen LogP contribution in [0, 0.1) is 0 Å². The van der Waals surface area contributed by atoms with E-state index in [-0.39, 0.29) is 53.8 Å². The van der Waals surface area contributed by atoms with Gasteiger partial charge in [0.2, 0.25) is 17.8 Å². The predicted octanol–water partition coefficient (Wildman–Crippen LogP) is 5.39. The quantitative estimate of drug-likeness (QED) is 0.137. The zero-order chi connectivity index (χ0) is 43.6. The van der Waals surface area contributed by atoms with E-state index in [0.717, 1.165) is 40.9 Å². The van der Waals surface area contributed by atoms with E-state index in [9.17, 15) is 19.2 Å². The van der Waals surface area contributed by atoms with Crippen LogP contribution in [0.5, 0.6) is 0 Å². The summed E-state index contributed by atoms with van der Waals surface area (Å²) in [5.74, 6) is -1.23. The number of carbonyl (C=O) groups excluding carboxylic acids is 3. The second-order valence-corrected chi connectivity index (χ2v) is 14.7. The van der Waals surface area contributed by atoms with Gasteiger partial charge in [-0.05, 0) is 84.6 Å². The number of hydrogen-bond acceptors (Lipinski definition) is 11. The molecule has 0 saturated carbocycles. The number of nitrogens with zero attached hydrogens (tertiary/aromatic N) is 7. The van der Waals surface area contributed by atoms with E-state index in [1.807, 2.05) is 74.5 Å². The Morgan fingerprint density at radius 2 is 1.00 bits per heavy atom. The molecule has 2 aromatic heterocycles. The number of carboxylic acids is 1. The van der Waals surface area contributed by atoms with E-state index in [1.54, 1.807) is 39.0 Å². The molecule has 0 saturated heterocycles. The number of hydrogen-bond donors (Lipinski definition) is 4. The fraction of sp³-hybridized carbons (Fsp3) is 0.304. The Morgan fingerprint density at radius 1 is 0.607 bits per heavy atom. The highest BCUT2D eigenvalue weighted by molar-refractivity contribution is 6.06.